The molecular formula is C24H21N5O4. The van der Waals surface area contributed by atoms with Crippen molar-refractivity contribution >= 4 is 28.7 Å². The number of carbonyl (C=O) groups is 1. The van der Waals surface area contributed by atoms with Crippen LogP contribution in [0.2, 0.25) is 0 Å². The van der Waals surface area contributed by atoms with E-state index in [0.717, 1.165) is 21.9 Å². The van der Waals surface area contributed by atoms with Crippen molar-refractivity contribution in [2.45, 2.75) is 20.1 Å². The van der Waals surface area contributed by atoms with Crippen molar-refractivity contribution in [3.8, 4) is 5.75 Å². The molecular weight excluding hydrogens is 422 g/mol. The van der Waals surface area contributed by atoms with E-state index in [1.54, 1.807) is 6.92 Å². The molecule has 0 saturated carbocycles. The molecule has 4 rings (SSSR count). The van der Waals surface area contributed by atoms with E-state index in [4.69, 9.17) is 4.74 Å². The van der Waals surface area contributed by atoms with Gasteiger partial charge in [0.25, 0.3) is 5.91 Å². The molecule has 9 heteroatoms. The fourth-order valence-electron chi connectivity index (χ4n) is 3.36. The van der Waals surface area contributed by atoms with Crippen molar-refractivity contribution in [1.82, 2.24) is 15.2 Å². The minimum Gasteiger partial charge on any atom is -0.489 e. The van der Waals surface area contributed by atoms with Crippen LogP contribution in [0.3, 0.4) is 0 Å². The molecule has 1 aromatic heterocycles. The Balaban J connectivity index is 1.35. The van der Waals surface area contributed by atoms with Gasteiger partial charge in [-0.1, -0.05) is 54.6 Å². The summed E-state index contributed by atoms with van der Waals surface area (Å²) in [4.78, 5) is 22.3. The van der Waals surface area contributed by atoms with Crippen LogP contribution in [0.15, 0.2) is 77.9 Å². The maximum atomic E-state index is 12.1. The van der Waals surface area contributed by atoms with Gasteiger partial charge in [0.05, 0.1) is 23.1 Å². The lowest BCUT2D eigenvalue weighted by atomic mass is 10.1. The highest BCUT2D eigenvalue weighted by atomic mass is 16.6. The zero-order valence-electron chi connectivity index (χ0n) is 17.8. The van der Waals surface area contributed by atoms with Crippen LogP contribution < -0.4 is 10.2 Å². The number of hydrogen-bond acceptors (Lipinski definition) is 6. The minimum atomic E-state index is -0.602. The number of fused-ring (bicyclic) bond motifs is 1. The van der Waals surface area contributed by atoms with Gasteiger partial charge in [0.15, 0.2) is 0 Å². The van der Waals surface area contributed by atoms with Crippen LogP contribution in [0, 0.1) is 17.0 Å². The van der Waals surface area contributed by atoms with Gasteiger partial charge in [0.1, 0.15) is 18.9 Å². The Labute approximate surface area is 189 Å². The Kier molecular flexibility index (Phi) is 6.40. The summed E-state index contributed by atoms with van der Waals surface area (Å²) >= 11 is 0. The van der Waals surface area contributed by atoms with Crippen LogP contribution in [0.25, 0.3) is 10.8 Å². The number of amides is 1. The number of benzene rings is 3. The third-order valence-electron chi connectivity index (χ3n) is 4.98. The van der Waals surface area contributed by atoms with Crippen molar-refractivity contribution in [2.24, 2.45) is 5.10 Å². The van der Waals surface area contributed by atoms with Gasteiger partial charge in [-0.05, 0) is 45.9 Å². The van der Waals surface area contributed by atoms with Gasteiger partial charge < -0.3 is 14.9 Å². The molecule has 3 aromatic carbocycles. The monoisotopic (exact) mass is 443 g/mol. The molecule has 0 atom stereocenters. The molecule has 0 aliphatic carbocycles. The summed E-state index contributed by atoms with van der Waals surface area (Å²) in [6.07, 6.45) is 1.50. The zero-order valence-corrected chi connectivity index (χ0v) is 17.8. The molecule has 0 spiro atoms. The molecule has 33 heavy (non-hydrogen) atoms. The van der Waals surface area contributed by atoms with E-state index in [0.29, 0.717) is 18.1 Å². The van der Waals surface area contributed by atoms with Gasteiger partial charge in [0, 0.05) is 0 Å². The number of nitrogens with zero attached hydrogens (tertiary/aromatic N) is 4. The molecule has 0 bridgehead atoms. The highest BCUT2D eigenvalue weighted by Crippen LogP contribution is 2.21. The third kappa shape index (κ3) is 5.40. The second-order valence-corrected chi connectivity index (χ2v) is 7.35. The smallest absolute Gasteiger partial charge is 0.390 e. The average Bonchev–Trinajstić information content (AvgIpc) is 3.18. The summed E-state index contributed by atoms with van der Waals surface area (Å²) in [5, 5.41) is 20.8. The molecule has 0 unspecified atom stereocenters. The standard InChI is InChI=1S/C24H21N5O4/c1-17-12-23(29(31)32)27-28(17)15-24(30)26-25-14-18-6-4-10-21(13-18)33-16-20-9-5-8-19-7-2-3-11-22(19)20/h2-14H,15-16H2,1H3,(H,26,30)/b25-14+. The number of ether oxygens (including phenoxy) is 1. The fourth-order valence-corrected chi connectivity index (χ4v) is 3.36. The van der Waals surface area contributed by atoms with E-state index < -0.39 is 10.8 Å². The van der Waals surface area contributed by atoms with E-state index in [1.807, 2.05) is 48.5 Å². The summed E-state index contributed by atoms with van der Waals surface area (Å²) < 4.78 is 7.22. The Morgan fingerprint density at radius 3 is 2.76 bits per heavy atom. The summed E-state index contributed by atoms with van der Waals surface area (Å²) in [5.41, 5.74) is 4.75. The first-order chi connectivity index (χ1) is 16.0. The van der Waals surface area contributed by atoms with E-state index in [-0.39, 0.29) is 12.4 Å². The predicted molar refractivity (Wildman–Crippen MR) is 124 cm³/mol. The molecule has 0 radical (unpaired) electrons. The Morgan fingerprint density at radius 1 is 1.15 bits per heavy atom. The molecule has 1 N–H and O–H groups in total. The topological polar surface area (TPSA) is 112 Å². The van der Waals surface area contributed by atoms with Crippen LogP contribution in [-0.4, -0.2) is 26.8 Å². The lowest BCUT2D eigenvalue weighted by Crippen LogP contribution is -2.24. The first-order valence-corrected chi connectivity index (χ1v) is 10.2. The number of aromatic nitrogens is 2. The predicted octanol–water partition coefficient (Wildman–Crippen LogP) is 3.98. The first kappa shape index (κ1) is 21.7. The quantitative estimate of drug-likeness (QED) is 0.251. The van der Waals surface area contributed by atoms with Crippen LogP contribution in [-0.2, 0) is 17.9 Å². The van der Waals surface area contributed by atoms with Gasteiger partial charge in [-0.3, -0.25) is 4.79 Å². The second-order valence-electron chi connectivity index (χ2n) is 7.35. The lowest BCUT2D eigenvalue weighted by Gasteiger charge is -2.09. The average molecular weight is 443 g/mol. The fraction of sp³-hybridized carbons (Fsp3) is 0.125. The largest absolute Gasteiger partial charge is 0.489 e. The van der Waals surface area contributed by atoms with Crippen LogP contribution >= 0.6 is 0 Å². The molecule has 0 saturated heterocycles. The number of aryl methyl sites for hydroxylation is 1. The number of carbonyl (C=O) groups excluding carboxylic acids is 1. The Bertz CT molecular complexity index is 1340. The lowest BCUT2D eigenvalue weighted by molar-refractivity contribution is -0.389. The SMILES string of the molecule is Cc1cc([N+](=O)[O-])nn1CC(=O)N/N=C/c1cccc(OCc2cccc3ccccc23)c1. The van der Waals surface area contributed by atoms with Crippen molar-refractivity contribution in [3.05, 3.63) is 99.7 Å². The number of nitro groups is 1. The number of rotatable bonds is 8. The third-order valence-corrected chi connectivity index (χ3v) is 4.98. The molecule has 166 valence electrons. The maximum Gasteiger partial charge on any atom is 0.390 e. The molecule has 9 nitrogen and oxygen atoms in total. The van der Waals surface area contributed by atoms with E-state index >= 15 is 0 Å². The van der Waals surface area contributed by atoms with Gasteiger partial charge in [0.2, 0.25) is 0 Å². The number of nitrogens with one attached hydrogen (secondary N) is 1. The second kappa shape index (κ2) is 9.73. The van der Waals surface area contributed by atoms with Crippen molar-refractivity contribution in [3.63, 3.8) is 0 Å². The van der Waals surface area contributed by atoms with Gasteiger partial charge in [-0.25, -0.2) is 5.43 Å². The molecule has 1 amide bonds. The summed E-state index contributed by atoms with van der Waals surface area (Å²) in [7, 11) is 0. The molecule has 0 aliphatic rings. The summed E-state index contributed by atoms with van der Waals surface area (Å²) in [5.74, 6) is -0.0717. The van der Waals surface area contributed by atoms with Crippen molar-refractivity contribution < 1.29 is 14.5 Å². The minimum absolute atomic E-state index is 0.175. The molecule has 0 fully saturated rings. The van der Waals surface area contributed by atoms with E-state index in [1.165, 1.54) is 17.0 Å². The molecule has 4 aromatic rings. The van der Waals surface area contributed by atoms with Gasteiger partial charge in [-0.2, -0.15) is 9.78 Å². The first-order valence-electron chi connectivity index (χ1n) is 10.2. The zero-order chi connectivity index (χ0) is 23.2. The highest BCUT2D eigenvalue weighted by Gasteiger charge is 2.17. The van der Waals surface area contributed by atoms with Crippen molar-refractivity contribution in [1.29, 1.82) is 0 Å². The van der Waals surface area contributed by atoms with Crippen molar-refractivity contribution in [2.75, 3.05) is 0 Å². The molecule has 1 heterocycles. The Hall–Kier alpha value is -4.53. The molecule has 0 aliphatic heterocycles. The van der Waals surface area contributed by atoms with E-state index in [9.17, 15) is 14.9 Å². The number of hydrazone groups is 1. The van der Waals surface area contributed by atoms with Crippen LogP contribution in [0.4, 0.5) is 5.82 Å². The summed E-state index contributed by atoms with van der Waals surface area (Å²) in [6.45, 7) is 1.89. The van der Waals surface area contributed by atoms with Gasteiger partial charge in [-0.15, -0.1) is 0 Å². The van der Waals surface area contributed by atoms with E-state index in [2.05, 4.69) is 33.8 Å². The normalized spacial score (nSPS) is 11.1. The van der Waals surface area contributed by atoms with Gasteiger partial charge >= 0.3 is 5.82 Å². The van der Waals surface area contributed by atoms with Crippen LogP contribution in [0.1, 0.15) is 16.8 Å². The van der Waals surface area contributed by atoms with Crippen LogP contribution in [0.5, 0.6) is 5.75 Å². The Morgan fingerprint density at radius 2 is 1.94 bits per heavy atom. The maximum absolute atomic E-state index is 12.1. The summed E-state index contributed by atoms with van der Waals surface area (Å²) in [6, 6.07) is 22.9. The number of hydrogen-bond donors (Lipinski definition) is 1. The highest BCUT2D eigenvalue weighted by molar-refractivity contribution is 5.85.